The van der Waals surface area contributed by atoms with Crippen molar-refractivity contribution in [2.45, 2.75) is 13.3 Å². The van der Waals surface area contributed by atoms with Gasteiger partial charge in [0.1, 0.15) is 6.07 Å². The molecule has 0 spiro atoms. The van der Waals surface area contributed by atoms with Gasteiger partial charge in [-0.3, -0.25) is 0 Å². The molecular formula is C21H18N2O2. The van der Waals surface area contributed by atoms with Crippen molar-refractivity contribution < 1.29 is 9.53 Å². The Hall–Kier alpha value is -3.32. The second-order valence-electron chi connectivity index (χ2n) is 5.65. The van der Waals surface area contributed by atoms with E-state index in [9.17, 15) is 10.1 Å². The lowest BCUT2D eigenvalue weighted by Crippen LogP contribution is -2.04. The van der Waals surface area contributed by atoms with E-state index in [1.807, 2.05) is 59.4 Å². The Kier molecular flexibility index (Phi) is 4.96. The van der Waals surface area contributed by atoms with Crippen molar-refractivity contribution in [3.05, 3.63) is 89.2 Å². The molecule has 0 aliphatic heterocycles. The van der Waals surface area contributed by atoms with Crippen molar-refractivity contribution in [3.63, 3.8) is 0 Å². The highest BCUT2D eigenvalue weighted by Crippen LogP contribution is 2.19. The zero-order valence-electron chi connectivity index (χ0n) is 14.0. The van der Waals surface area contributed by atoms with Gasteiger partial charge in [0.05, 0.1) is 17.7 Å². The van der Waals surface area contributed by atoms with E-state index in [0.717, 1.165) is 16.8 Å². The highest BCUT2D eigenvalue weighted by molar-refractivity contribution is 5.89. The molecule has 0 saturated carbocycles. The van der Waals surface area contributed by atoms with Crippen LogP contribution in [0.4, 0.5) is 0 Å². The number of benzene rings is 2. The molecular weight excluding hydrogens is 312 g/mol. The van der Waals surface area contributed by atoms with Gasteiger partial charge >= 0.3 is 5.97 Å². The number of nitriles is 1. The van der Waals surface area contributed by atoms with E-state index in [0.29, 0.717) is 24.2 Å². The van der Waals surface area contributed by atoms with Crippen LogP contribution in [0.3, 0.4) is 0 Å². The van der Waals surface area contributed by atoms with Crippen molar-refractivity contribution in [2.24, 2.45) is 0 Å². The summed E-state index contributed by atoms with van der Waals surface area (Å²) in [6.45, 7) is 2.14. The Bertz CT molecular complexity index is 903. The normalized spacial score (nSPS) is 10.2. The van der Waals surface area contributed by atoms with Crippen molar-refractivity contribution >= 4 is 5.97 Å². The van der Waals surface area contributed by atoms with Crippen LogP contribution in [0.5, 0.6) is 0 Å². The maximum atomic E-state index is 11.7. The molecule has 0 bridgehead atoms. The summed E-state index contributed by atoms with van der Waals surface area (Å²) in [5, 5.41) is 9.41. The number of ether oxygens (including phenoxy) is 1. The van der Waals surface area contributed by atoms with E-state index in [4.69, 9.17) is 4.74 Å². The number of hydrogen-bond donors (Lipinski definition) is 0. The van der Waals surface area contributed by atoms with Gasteiger partial charge in [0.25, 0.3) is 0 Å². The van der Waals surface area contributed by atoms with Crippen LogP contribution in [0, 0.1) is 11.3 Å². The third-order valence-corrected chi connectivity index (χ3v) is 3.94. The quantitative estimate of drug-likeness (QED) is 0.661. The summed E-state index contributed by atoms with van der Waals surface area (Å²) in [6.07, 6.45) is 4.49. The van der Waals surface area contributed by atoms with E-state index in [1.165, 1.54) is 0 Å². The van der Waals surface area contributed by atoms with Crippen LogP contribution in [-0.2, 0) is 11.2 Å². The third-order valence-electron chi connectivity index (χ3n) is 3.94. The van der Waals surface area contributed by atoms with Gasteiger partial charge in [-0.2, -0.15) is 5.26 Å². The second kappa shape index (κ2) is 7.50. The number of esters is 1. The monoisotopic (exact) mass is 330 g/mol. The Balaban J connectivity index is 1.86. The van der Waals surface area contributed by atoms with Crippen LogP contribution in [0.1, 0.15) is 34.0 Å². The van der Waals surface area contributed by atoms with E-state index in [2.05, 4.69) is 6.07 Å². The molecule has 0 aliphatic carbocycles. The van der Waals surface area contributed by atoms with Gasteiger partial charge in [-0.15, -0.1) is 0 Å². The average Bonchev–Trinajstić information content (AvgIpc) is 3.06. The van der Waals surface area contributed by atoms with Gasteiger partial charge in [-0.25, -0.2) is 4.79 Å². The van der Waals surface area contributed by atoms with Crippen LogP contribution in [0.25, 0.3) is 5.69 Å². The first-order valence-electron chi connectivity index (χ1n) is 8.13. The van der Waals surface area contributed by atoms with Gasteiger partial charge in [-0.1, -0.05) is 30.3 Å². The summed E-state index contributed by atoms with van der Waals surface area (Å²) >= 11 is 0. The standard InChI is InChI=1S/C21H18N2O2/c1-2-25-21(24)17-8-10-20(11-9-17)23-14-18(19(13-22)15-23)12-16-6-4-3-5-7-16/h3-11,14-15H,2,12H2,1H3. The van der Waals surface area contributed by atoms with E-state index in [-0.39, 0.29) is 5.97 Å². The number of nitrogens with zero attached hydrogens (tertiary/aromatic N) is 2. The average molecular weight is 330 g/mol. The van der Waals surface area contributed by atoms with Crippen molar-refractivity contribution in [1.29, 1.82) is 5.26 Å². The minimum Gasteiger partial charge on any atom is -0.462 e. The molecule has 0 fully saturated rings. The maximum absolute atomic E-state index is 11.7. The fourth-order valence-electron chi connectivity index (χ4n) is 2.69. The molecule has 2 aromatic carbocycles. The van der Waals surface area contributed by atoms with Gasteiger partial charge in [0, 0.05) is 24.5 Å². The lowest BCUT2D eigenvalue weighted by atomic mass is 10.1. The fraction of sp³-hybridized carbons (Fsp3) is 0.143. The van der Waals surface area contributed by atoms with Gasteiger partial charge < -0.3 is 9.30 Å². The molecule has 0 N–H and O–H groups in total. The van der Waals surface area contributed by atoms with Gasteiger partial charge in [0.2, 0.25) is 0 Å². The first kappa shape index (κ1) is 16.5. The zero-order valence-corrected chi connectivity index (χ0v) is 14.0. The molecule has 0 atom stereocenters. The summed E-state index contributed by atoms with van der Waals surface area (Å²) in [7, 11) is 0. The molecule has 4 nitrogen and oxygen atoms in total. The summed E-state index contributed by atoms with van der Waals surface area (Å²) in [6, 6.07) is 19.5. The number of carbonyl (C=O) groups is 1. The predicted molar refractivity (Wildman–Crippen MR) is 95.7 cm³/mol. The Labute approximate surface area is 146 Å². The van der Waals surface area contributed by atoms with E-state index in [1.54, 1.807) is 19.1 Å². The van der Waals surface area contributed by atoms with Gasteiger partial charge in [0.15, 0.2) is 0 Å². The first-order chi connectivity index (χ1) is 12.2. The van der Waals surface area contributed by atoms with Crippen LogP contribution in [-0.4, -0.2) is 17.1 Å². The SMILES string of the molecule is CCOC(=O)c1ccc(-n2cc(C#N)c(Cc3ccccc3)c2)cc1. The summed E-state index contributed by atoms with van der Waals surface area (Å²) < 4.78 is 6.90. The van der Waals surface area contributed by atoms with Crippen LogP contribution < -0.4 is 0 Å². The predicted octanol–water partition coefficient (Wildman–Crippen LogP) is 4.12. The Morgan fingerprint density at radius 2 is 1.80 bits per heavy atom. The Morgan fingerprint density at radius 1 is 1.08 bits per heavy atom. The molecule has 0 amide bonds. The molecule has 4 heteroatoms. The number of aromatic nitrogens is 1. The highest BCUT2D eigenvalue weighted by atomic mass is 16.5. The van der Waals surface area contributed by atoms with Crippen LogP contribution >= 0.6 is 0 Å². The molecule has 0 aliphatic rings. The van der Waals surface area contributed by atoms with Crippen LogP contribution in [0.15, 0.2) is 67.0 Å². The number of hydrogen-bond acceptors (Lipinski definition) is 3. The van der Waals surface area contributed by atoms with E-state index < -0.39 is 0 Å². The largest absolute Gasteiger partial charge is 0.462 e. The third kappa shape index (κ3) is 3.78. The van der Waals surface area contributed by atoms with Crippen molar-refractivity contribution in [1.82, 2.24) is 4.57 Å². The number of rotatable bonds is 5. The van der Waals surface area contributed by atoms with Crippen molar-refractivity contribution in [2.75, 3.05) is 6.61 Å². The van der Waals surface area contributed by atoms with Crippen LogP contribution in [0.2, 0.25) is 0 Å². The molecule has 1 aromatic heterocycles. The minimum absolute atomic E-state index is 0.330. The summed E-state index contributed by atoms with van der Waals surface area (Å²) in [4.78, 5) is 11.7. The highest BCUT2D eigenvalue weighted by Gasteiger charge is 2.10. The smallest absolute Gasteiger partial charge is 0.338 e. The fourth-order valence-corrected chi connectivity index (χ4v) is 2.69. The second-order valence-corrected chi connectivity index (χ2v) is 5.65. The first-order valence-corrected chi connectivity index (χ1v) is 8.13. The molecule has 124 valence electrons. The molecule has 0 saturated heterocycles. The minimum atomic E-state index is -0.330. The molecule has 0 unspecified atom stereocenters. The molecule has 0 radical (unpaired) electrons. The Morgan fingerprint density at radius 3 is 2.44 bits per heavy atom. The van der Waals surface area contributed by atoms with E-state index >= 15 is 0 Å². The molecule has 3 aromatic rings. The lowest BCUT2D eigenvalue weighted by molar-refractivity contribution is 0.0526. The lowest BCUT2D eigenvalue weighted by Gasteiger charge is -2.05. The molecule has 1 heterocycles. The maximum Gasteiger partial charge on any atom is 0.338 e. The number of carbonyl (C=O) groups excluding carboxylic acids is 1. The van der Waals surface area contributed by atoms with Crippen molar-refractivity contribution in [3.8, 4) is 11.8 Å². The topological polar surface area (TPSA) is 55.0 Å². The molecule has 25 heavy (non-hydrogen) atoms. The van der Waals surface area contributed by atoms with Gasteiger partial charge in [-0.05, 0) is 42.3 Å². The zero-order chi connectivity index (χ0) is 17.6. The summed E-state index contributed by atoms with van der Waals surface area (Å²) in [5.74, 6) is -0.330. The molecule has 3 rings (SSSR count). The summed E-state index contributed by atoms with van der Waals surface area (Å²) in [5.41, 5.74) is 4.20.